The molecule has 1 aromatic carbocycles. The highest BCUT2D eigenvalue weighted by Gasteiger charge is 2.57. The molecule has 1 unspecified atom stereocenters. The van der Waals surface area contributed by atoms with Gasteiger partial charge >= 0.3 is 0 Å². The third-order valence-corrected chi connectivity index (χ3v) is 6.89. The van der Waals surface area contributed by atoms with E-state index in [1.165, 1.54) is 30.4 Å². The summed E-state index contributed by atoms with van der Waals surface area (Å²) in [7, 11) is 0. The van der Waals surface area contributed by atoms with Gasteiger partial charge in [0, 0.05) is 12.6 Å². The number of hydrogen-bond donors (Lipinski definition) is 1. The number of carbonyl (C=O) groups excluding carboxylic acids is 1. The molecule has 3 nitrogen and oxygen atoms in total. The van der Waals surface area contributed by atoms with Crippen molar-refractivity contribution in [1.29, 1.82) is 0 Å². The van der Waals surface area contributed by atoms with Crippen molar-refractivity contribution in [2.24, 2.45) is 5.41 Å². The average molecular weight is 369 g/mol. The van der Waals surface area contributed by atoms with Crippen LogP contribution in [0.1, 0.15) is 42.9 Å². The fraction of sp³-hybridized carbons (Fsp3) is 0.500. The number of piperidine rings is 1. The molecule has 0 radical (unpaired) electrons. The number of nitrogens with zero attached hydrogens (tertiary/aromatic N) is 1. The summed E-state index contributed by atoms with van der Waals surface area (Å²) < 4.78 is 0. The van der Waals surface area contributed by atoms with E-state index in [4.69, 9.17) is 0 Å². The molecule has 1 saturated heterocycles. The first-order valence-electron chi connectivity index (χ1n) is 9.79. The quantitative estimate of drug-likeness (QED) is 0.835. The van der Waals surface area contributed by atoms with Crippen LogP contribution in [0.2, 0.25) is 0 Å². The van der Waals surface area contributed by atoms with Crippen molar-refractivity contribution in [2.75, 3.05) is 13.1 Å². The second-order valence-electron chi connectivity index (χ2n) is 7.83. The lowest BCUT2D eigenvalue weighted by Gasteiger charge is -2.29. The molecule has 2 heterocycles. The van der Waals surface area contributed by atoms with Gasteiger partial charge in [0.1, 0.15) is 0 Å². The highest BCUT2D eigenvalue weighted by molar-refractivity contribution is 7.07. The Morgan fingerprint density at radius 3 is 2.54 bits per heavy atom. The molecule has 1 aliphatic carbocycles. The zero-order chi connectivity index (χ0) is 18.0. The second kappa shape index (κ2) is 7.53. The normalized spacial score (nSPS) is 20.9. The fourth-order valence-corrected chi connectivity index (χ4v) is 5.01. The van der Waals surface area contributed by atoms with E-state index in [0.717, 1.165) is 31.6 Å². The van der Waals surface area contributed by atoms with Crippen molar-refractivity contribution in [3.05, 3.63) is 57.8 Å². The molecule has 4 rings (SSSR count). The molecule has 1 N–H and O–H groups in total. The topological polar surface area (TPSA) is 32.3 Å². The van der Waals surface area contributed by atoms with Crippen LogP contribution in [0.25, 0.3) is 0 Å². The molecule has 1 spiro atoms. The van der Waals surface area contributed by atoms with Gasteiger partial charge in [-0.25, -0.2) is 0 Å². The van der Waals surface area contributed by atoms with Crippen LogP contribution >= 0.6 is 11.3 Å². The maximum atomic E-state index is 13.2. The molecular weight excluding hydrogens is 340 g/mol. The number of benzene rings is 1. The number of carbonyl (C=O) groups is 1. The Bertz CT molecular complexity index is 732. The van der Waals surface area contributed by atoms with Crippen LogP contribution < -0.4 is 5.32 Å². The number of nitrogens with one attached hydrogen (secondary N) is 1. The first kappa shape index (κ1) is 17.7. The maximum Gasteiger partial charge on any atom is 0.227 e. The third-order valence-electron chi connectivity index (χ3n) is 6.16. The Balaban J connectivity index is 1.49. The van der Waals surface area contributed by atoms with Crippen molar-refractivity contribution in [3.8, 4) is 0 Å². The van der Waals surface area contributed by atoms with E-state index in [1.54, 1.807) is 11.3 Å². The fourth-order valence-electron chi connectivity index (χ4n) is 4.35. The lowest BCUT2D eigenvalue weighted by Crippen LogP contribution is -2.39. The third kappa shape index (κ3) is 3.72. The van der Waals surface area contributed by atoms with Crippen LogP contribution in [-0.2, 0) is 24.2 Å². The predicted molar refractivity (Wildman–Crippen MR) is 107 cm³/mol. The van der Waals surface area contributed by atoms with Crippen molar-refractivity contribution >= 4 is 17.2 Å². The average Bonchev–Trinajstić information content (AvgIpc) is 3.09. The Hall–Kier alpha value is -1.65. The summed E-state index contributed by atoms with van der Waals surface area (Å²) in [5.41, 5.74) is 4.10. The molecular formula is C22H28N2OS. The smallest absolute Gasteiger partial charge is 0.227 e. The zero-order valence-corrected chi connectivity index (χ0v) is 16.4. The van der Waals surface area contributed by atoms with Crippen molar-refractivity contribution < 1.29 is 4.79 Å². The molecule has 1 aromatic heterocycles. The van der Waals surface area contributed by atoms with Gasteiger partial charge in [0.15, 0.2) is 0 Å². The molecule has 4 heteroatoms. The van der Waals surface area contributed by atoms with E-state index < -0.39 is 0 Å². The molecule has 1 aliphatic heterocycles. The minimum Gasteiger partial charge on any atom is -0.334 e. The van der Waals surface area contributed by atoms with Crippen LogP contribution in [0.5, 0.6) is 0 Å². The molecule has 1 saturated carbocycles. The summed E-state index contributed by atoms with van der Waals surface area (Å²) in [6, 6.07) is 11.1. The maximum absolute atomic E-state index is 13.2. The van der Waals surface area contributed by atoms with E-state index in [0.29, 0.717) is 17.9 Å². The van der Waals surface area contributed by atoms with Gasteiger partial charge in [-0.3, -0.25) is 4.79 Å². The molecule has 1 atom stereocenters. The van der Waals surface area contributed by atoms with Crippen LogP contribution in [0.15, 0.2) is 41.1 Å². The van der Waals surface area contributed by atoms with Gasteiger partial charge in [0.05, 0.1) is 6.42 Å². The highest BCUT2D eigenvalue weighted by atomic mass is 32.1. The molecule has 1 amide bonds. The number of aryl methyl sites for hydroxylation is 1. The second-order valence-corrected chi connectivity index (χ2v) is 8.61. The standard InChI is InChI=1S/C22H28N2OS/c1-2-17-3-5-18(6-4-17)13-21(25)24(15-19-7-12-26-16-19)20-14-22(20)8-10-23-11-9-22/h3-7,12,16,20,23H,2,8-11,13-15H2,1H3. The van der Waals surface area contributed by atoms with Gasteiger partial charge in [-0.05, 0) is 77.7 Å². The van der Waals surface area contributed by atoms with Gasteiger partial charge in [0.2, 0.25) is 5.91 Å². The van der Waals surface area contributed by atoms with Crippen LogP contribution in [0.3, 0.4) is 0 Å². The van der Waals surface area contributed by atoms with Gasteiger partial charge in [0.25, 0.3) is 0 Å². The van der Waals surface area contributed by atoms with Crippen molar-refractivity contribution in [2.45, 2.75) is 51.6 Å². The largest absolute Gasteiger partial charge is 0.334 e. The predicted octanol–water partition coefficient (Wildman–Crippen LogP) is 4.02. The van der Waals surface area contributed by atoms with E-state index >= 15 is 0 Å². The molecule has 2 aliphatic rings. The van der Waals surface area contributed by atoms with Gasteiger partial charge < -0.3 is 10.2 Å². The van der Waals surface area contributed by atoms with E-state index in [2.05, 4.69) is 58.2 Å². The monoisotopic (exact) mass is 368 g/mol. The van der Waals surface area contributed by atoms with E-state index in [-0.39, 0.29) is 5.91 Å². The van der Waals surface area contributed by atoms with Crippen molar-refractivity contribution in [3.63, 3.8) is 0 Å². The first-order valence-corrected chi connectivity index (χ1v) is 10.7. The molecule has 2 aromatic rings. The van der Waals surface area contributed by atoms with E-state index in [9.17, 15) is 4.79 Å². The Morgan fingerprint density at radius 2 is 1.88 bits per heavy atom. The van der Waals surface area contributed by atoms with E-state index in [1.807, 2.05) is 0 Å². The van der Waals surface area contributed by atoms with Gasteiger partial charge in [-0.2, -0.15) is 11.3 Å². The minimum absolute atomic E-state index is 0.279. The highest BCUT2D eigenvalue weighted by Crippen LogP contribution is 2.56. The Morgan fingerprint density at radius 1 is 1.15 bits per heavy atom. The SMILES string of the molecule is CCc1ccc(CC(=O)N(Cc2ccsc2)C2CC23CCNCC3)cc1. The number of hydrogen-bond acceptors (Lipinski definition) is 3. The lowest BCUT2D eigenvalue weighted by molar-refractivity contribution is -0.132. The Labute approximate surface area is 160 Å². The van der Waals surface area contributed by atoms with Crippen LogP contribution in [0.4, 0.5) is 0 Å². The summed E-state index contributed by atoms with van der Waals surface area (Å²) in [6.07, 6.45) is 5.14. The molecule has 0 bridgehead atoms. The summed E-state index contributed by atoms with van der Waals surface area (Å²) in [4.78, 5) is 15.4. The Kier molecular flexibility index (Phi) is 5.14. The van der Waals surface area contributed by atoms with Crippen molar-refractivity contribution in [1.82, 2.24) is 10.2 Å². The lowest BCUT2D eigenvalue weighted by atomic mass is 9.93. The minimum atomic E-state index is 0.279. The molecule has 138 valence electrons. The summed E-state index contributed by atoms with van der Waals surface area (Å²) >= 11 is 1.71. The number of amides is 1. The van der Waals surface area contributed by atoms with Gasteiger partial charge in [-0.15, -0.1) is 0 Å². The summed E-state index contributed by atoms with van der Waals surface area (Å²) in [5, 5.41) is 7.74. The molecule has 26 heavy (non-hydrogen) atoms. The number of rotatable bonds is 6. The zero-order valence-electron chi connectivity index (χ0n) is 15.5. The first-order chi connectivity index (χ1) is 12.7. The van der Waals surface area contributed by atoms with Gasteiger partial charge in [-0.1, -0.05) is 31.2 Å². The van der Waals surface area contributed by atoms with Crippen LogP contribution in [-0.4, -0.2) is 29.9 Å². The number of thiophene rings is 1. The van der Waals surface area contributed by atoms with Crippen LogP contribution in [0, 0.1) is 5.41 Å². The summed E-state index contributed by atoms with van der Waals surface area (Å²) in [5.74, 6) is 0.279. The molecule has 2 fully saturated rings. The summed E-state index contributed by atoms with van der Waals surface area (Å²) in [6.45, 7) is 5.11.